The molecule has 24 heavy (non-hydrogen) atoms. The first-order valence-electron chi connectivity index (χ1n) is 8.41. The van der Waals surface area contributed by atoms with E-state index < -0.39 is 0 Å². The van der Waals surface area contributed by atoms with E-state index in [-0.39, 0.29) is 5.91 Å². The van der Waals surface area contributed by atoms with E-state index in [4.69, 9.17) is 4.74 Å². The quantitative estimate of drug-likeness (QED) is 0.683. The Hall–Kier alpha value is -2.33. The van der Waals surface area contributed by atoms with E-state index in [0.717, 1.165) is 25.1 Å². The van der Waals surface area contributed by atoms with Crippen LogP contribution >= 0.6 is 0 Å². The first-order chi connectivity index (χ1) is 11.7. The van der Waals surface area contributed by atoms with Crippen LogP contribution in [-0.4, -0.2) is 44.1 Å². The van der Waals surface area contributed by atoms with Gasteiger partial charge in [-0.25, -0.2) is 0 Å². The minimum absolute atomic E-state index is 0.0360. The van der Waals surface area contributed by atoms with E-state index in [1.807, 2.05) is 43.4 Å². The Labute approximate surface area is 144 Å². The molecule has 0 saturated carbocycles. The fraction of sp³-hybridized carbons (Fsp3) is 0.350. The van der Waals surface area contributed by atoms with Crippen molar-refractivity contribution in [3.8, 4) is 5.75 Å². The maximum Gasteiger partial charge on any atom is 0.234 e. The third-order valence-electron chi connectivity index (χ3n) is 3.70. The Kier molecular flexibility index (Phi) is 7.84. The number of nitrogens with one attached hydrogen (secondary N) is 1. The minimum Gasteiger partial charge on any atom is -0.492 e. The van der Waals surface area contributed by atoms with Crippen molar-refractivity contribution in [3.63, 3.8) is 0 Å². The van der Waals surface area contributed by atoms with E-state index >= 15 is 0 Å². The van der Waals surface area contributed by atoms with Crippen LogP contribution in [0.15, 0.2) is 60.7 Å². The molecule has 2 rings (SSSR count). The molecule has 4 nitrogen and oxygen atoms in total. The van der Waals surface area contributed by atoms with Crippen molar-refractivity contribution in [1.82, 2.24) is 10.2 Å². The lowest BCUT2D eigenvalue weighted by Crippen LogP contribution is -2.37. The number of aryl methyl sites for hydroxylation is 1. The summed E-state index contributed by atoms with van der Waals surface area (Å²) in [6.07, 6.45) is 2.09. The standard InChI is InChI=1S/C20H26N2O2/c1-22(15-8-11-18-9-4-2-5-10-18)17-20(23)21-14-16-24-19-12-6-3-7-13-19/h2-7,9-10,12-13H,8,11,14-17H2,1H3,(H,21,23). The largest absolute Gasteiger partial charge is 0.492 e. The summed E-state index contributed by atoms with van der Waals surface area (Å²) in [6.45, 7) is 2.32. The maximum absolute atomic E-state index is 11.9. The van der Waals surface area contributed by atoms with Crippen molar-refractivity contribution in [2.24, 2.45) is 0 Å². The molecular weight excluding hydrogens is 300 g/mol. The SMILES string of the molecule is CN(CCCc1ccccc1)CC(=O)NCCOc1ccccc1. The molecule has 0 spiro atoms. The van der Waals surface area contributed by atoms with Gasteiger partial charge in [-0.1, -0.05) is 48.5 Å². The summed E-state index contributed by atoms with van der Waals surface area (Å²) in [5.41, 5.74) is 1.34. The van der Waals surface area contributed by atoms with Crippen molar-refractivity contribution in [3.05, 3.63) is 66.2 Å². The molecule has 0 bridgehead atoms. The van der Waals surface area contributed by atoms with Crippen LogP contribution in [-0.2, 0) is 11.2 Å². The van der Waals surface area contributed by atoms with E-state index in [9.17, 15) is 4.79 Å². The second kappa shape index (κ2) is 10.4. The van der Waals surface area contributed by atoms with E-state index in [1.54, 1.807) is 0 Å². The Morgan fingerprint density at radius 2 is 1.71 bits per heavy atom. The fourth-order valence-corrected chi connectivity index (χ4v) is 2.45. The van der Waals surface area contributed by atoms with Crippen molar-refractivity contribution in [2.45, 2.75) is 12.8 Å². The number of benzene rings is 2. The molecule has 0 aliphatic carbocycles. The summed E-state index contributed by atoms with van der Waals surface area (Å²) in [5.74, 6) is 0.860. The summed E-state index contributed by atoms with van der Waals surface area (Å²) < 4.78 is 5.55. The lowest BCUT2D eigenvalue weighted by molar-refractivity contribution is -0.122. The predicted octanol–water partition coefficient (Wildman–Crippen LogP) is 2.75. The molecule has 1 amide bonds. The highest BCUT2D eigenvalue weighted by Gasteiger charge is 2.06. The minimum atomic E-state index is 0.0360. The van der Waals surface area contributed by atoms with Crippen molar-refractivity contribution in [2.75, 3.05) is 33.3 Å². The number of rotatable bonds is 10. The van der Waals surface area contributed by atoms with Crippen LogP contribution in [0.1, 0.15) is 12.0 Å². The van der Waals surface area contributed by atoms with Crippen LogP contribution in [0, 0.1) is 0 Å². The summed E-state index contributed by atoms with van der Waals surface area (Å²) in [4.78, 5) is 13.9. The Morgan fingerprint density at radius 3 is 2.42 bits per heavy atom. The molecular formula is C20H26N2O2. The van der Waals surface area contributed by atoms with Gasteiger partial charge in [0.05, 0.1) is 13.1 Å². The molecule has 0 atom stereocenters. The van der Waals surface area contributed by atoms with Gasteiger partial charge in [0, 0.05) is 0 Å². The Balaban J connectivity index is 1.53. The van der Waals surface area contributed by atoms with E-state index in [2.05, 4.69) is 34.5 Å². The number of carbonyl (C=O) groups excluding carboxylic acids is 1. The van der Waals surface area contributed by atoms with Crippen LogP contribution in [0.5, 0.6) is 5.75 Å². The Bertz CT molecular complexity index is 587. The number of amides is 1. The molecule has 0 aliphatic heterocycles. The molecule has 0 unspecified atom stereocenters. The second-order valence-corrected chi connectivity index (χ2v) is 5.84. The number of para-hydroxylation sites is 1. The first-order valence-corrected chi connectivity index (χ1v) is 8.41. The van der Waals surface area contributed by atoms with Gasteiger partial charge >= 0.3 is 0 Å². The van der Waals surface area contributed by atoms with Crippen molar-refractivity contribution >= 4 is 5.91 Å². The van der Waals surface area contributed by atoms with Crippen LogP contribution in [0.25, 0.3) is 0 Å². The Morgan fingerprint density at radius 1 is 1.04 bits per heavy atom. The molecule has 0 aromatic heterocycles. The third kappa shape index (κ3) is 7.29. The van der Waals surface area contributed by atoms with Gasteiger partial charge in [0.15, 0.2) is 0 Å². The number of hydrogen-bond acceptors (Lipinski definition) is 3. The van der Waals surface area contributed by atoms with Gasteiger partial charge in [-0.2, -0.15) is 0 Å². The molecule has 4 heteroatoms. The highest BCUT2D eigenvalue weighted by atomic mass is 16.5. The average molecular weight is 326 g/mol. The molecule has 1 N–H and O–H groups in total. The van der Waals surface area contributed by atoms with E-state index in [0.29, 0.717) is 19.7 Å². The van der Waals surface area contributed by atoms with Crippen LogP contribution < -0.4 is 10.1 Å². The van der Waals surface area contributed by atoms with Crippen molar-refractivity contribution < 1.29 is 9.53 Å². The molecule has 128 valence electrons. The average Bonchev–Trinajstić information content (AvgIpc) is 2.60. The van der Waals surface area contributed by atoms with Gasteiger partial charge in [0.1, 0.15) is 12.4 Å². The highest BCUT2D eigenvalue weighted by molar-refractivity contribution is 5.77. The van der Waals surface area contributed by atoms with Gasteiger partial charge in [-0.3, -0.25) is 9.69 Å². The molecule has 2 aromatic carbocycles. The van der Waals surface area contributed by atoms with E-state index in [1.165, 1.54) is 5.56 Å². The molecule has 0 saturated heterocycles. The molecule has 0 fully saturated rings. The highest BCUT2D eigenvalue weighted by Crippen LogP contribution is 2.07. The van der Waals surface area contributed by atoms with Gasteiger partial charge < -0.3 is 10.1 Å². The molecule has 0 radical (unpaired) electrons. The summed E-state index contributed by atoms with van der Waals surface area (Å²) in [7, 11) is 1.98. The zero-order valence-corrected chi connectivity index (χ0v) is 14.3. The smallest absolute Gasteiger partial charge is 0.234 e. The fourth-order valence-electron chi connectivity index (χ4n) is 2.45. The summed E-state index contributed by atoms with van der Waals surface area (Å²) in [5, 5.41) is 2.89. The molecule has 0 aliphatic rings. The molecule has 0 heterocycles. The van der Waals surface area contributed by atoms with Gasteiger partial charge in [0.2, 0.25) is 5.91 Å². The zero-order valence-electron chi connectivity index (χ0n) is 14.3. The number of hydrogen-bond donors (Lipinski definition) is 1. The number of carbonyl (C=O) groups is 1. The number of nitrogens with zero attached hydrogens (tertiary/aromatic N) is 1. The van der Waals surface area contributed by atoms with Gasteiger partial charge in [0.25, 0.3) is 0 Å². The lowest BCUT2D eigenvalue weighted by atomic mass is 10.1. The zero-order chi connectivity index (χ0) is 17.0. The topological polar surface area (TPSA) is 41.6 Å². The van der Waals surface area contributed by atoms with Gasteiger partial charge in [-0.15, -0.1) is 0 Å². The van der Waals surface area contributed by atoms with Gasteiger partial charge in [-0.05, 0) is 44.1 Å². The number of ether oxygens (including phenoxy) is 1. The first kappa shape index (κ1) is 18.0. The van der Waals surface area contributed by atoms with Crippen LogP contribution in [0.3, 0.4) is 0 Å². The van der Waals surface area contributed by atoms with Crippen LogP contribution in [0.2, 0.25) is 0 Å². The summed E-state index contributed by atoms with van der Waals surface area (Å²) >= 11 is 0. The predicted molar refractivity (Wildman–Crippen MR) is 97.2 cm³/mol. The summed E-state index contributed by atoms with van der Waals surface area (Å²) in [6, 6.07) is 20.0. The third-order valence-corrected chi connectivity index (χ3v) is 3.70. The van der Waals surface area contributed by atoms with Crippen molar-refractivity contribution in [1.29, 1.82) is 0 Å². The monoisotopic (exact) mass is 326 g/mol. The second-order valence-electron chi connectivity index (χ2n) is 5.84. The molecule has 2 aromatic rings. The number of likely N-dealkylation sites (N-methyl/N-ethyl adjacent to an activating group) is 1. The van der Waals surface area contributed by atoms with Crippen LogP contribution in [0.4, 0.5) is 0 Å². The maximum atomic E-state index is 11.9. The lowest BCUT2D eigenvalue weighted by Gasteiger charge is -2.16. The normalized spacial score (nSPS) is 10.6.